The first-order valence-electron chi connectivity index (χ1n) is 12.4. The van der Waals surface area contributed by atoms with Crippen LogP contribution in [0.15, 0.2) is 36.5 Å². The van der Waals surface area contributed by atoms with Gasteiger partial charge in [-0.05, 0) is 75.4 Å². The fourth-order valence-electron chi connectivity index (χ4n) is 5.57. The minimum Gasteiger partial charge on any atom is -0.328 e. The number of rotatable bonds is 5. The lowest BCUT2D eigenvalue weighted by molar-refractivity contribution is -0.143. The van der Waals surface area contributed by atoms with Gasteiger partial charge in [0.05, 0.1) is 11.5 Å². The molecular formula is C27H30N6O3. The summed E-state index contributed by atoms with van der Waals surface area (Å²) in [6.07, 6.45) is 4.48. The zero-order valence-electron chi connectivity index (χ0n) is 20.6. The third-order valence-electron chi connectivity index (χ3n) is 7.56. The quantitative estimate of drug-likeness (QED) is 0.594. The molecule has 9 nitrogen and oxygen atoms in total. The summed E-state index contributed by atoms with van der Waals surface area (Å²) in [6.45, 7) is 4.51. The van der Waals surface area contributed by atoms with Crippen molar-refractivity contribution in [2.45, 2.75) is 51.0 Å². The van der Waals surface area contributed by atoms with Crippen LogP contribution in [0.4, 0.5) is 11.5 Å². The molecule has 1 aromatic heterocycles. The van der Waals surface area contributed by atoms with Crippen molar-refractivity contribution in [3.63, 3.8) is 0 Å². The van der Waals surface area contributed by atoms with E-state index in [1.807, 2.05) is 30.3 Å². The van der Waals surface area contributed by atoms with Crippen molar-refractivity contribution in [3.8, 4) is 6.07 Å². The molecule has 2 atom stereocenters. The molecule has 1 aromatic carbocycles. The number of carbonyl (C=O) groups excluding carboxylic acids is 3. The van der Waals surface area contributed by atoms with E-state index in [0.717, 1.165) is 36.1 Å². The second-order valence-electron chi connectivity index (χ2n) is 10.5. The Morgan fingerprint density at radius 2 is 2.08 bits per heavy atom. The zero-order valence-corrected chi connectivity index (χ0v) is 20.6. The van der Waals surface area contributed by atoms with E-state index in [9.17, 15) is 19.6 Å². The fourth-order valence-corrected chi connectivity index (χ4v) is 5.57. The molecule has 9 heteroatoms. The molecule has 3 amide bonds. The number of benzene rings is 1. The predicted molar refractivity (Wildman–Crippen MR) is 134 cm³/mol. The Labute approximate surface area is 210 Å². The van der Waals surface area contributed by atoms with Crippen molar-refractivity contribution in [2.24, 2.45) is 5.41 Å². The number of amides is 3. The van der Waals surface area contributed by atoms with E-state index in [0.29, 0.717) is 30.9 Å². The lowest BCUT2D eigenvalue weighted by atomic mass is 9.79. The van der Waals surface area contributed by atoms with Crippen LogP contribution in [0.25, 0.3) is 0 Å². The number of pyridine rings is 1. The highest BCUT2D eigenvalue weighted by Gasteiger charge is 2.51. The molecule has 1 saturated heterocycles. The Hall–Kier alpha value is -3.77. The van der Waals surface area contributed by atoms with Crippen molar-refractivity contribution >= 4 is 29.2 Å². The number of nitrogens with zero attached hydrogens (tertiary/aromatic N) is 3. The Bertz CT molecular complexity index is 1280. The smallest absolute Gasteiger partial charge is 0.244 e. The van der Waals surface area contributed by atoms with Crippen LogP contribution in [-0.2, 0) is 32.6 Å². The van der Waals surface area contributed by atoms with Gasteiger partial charge in [-0.15, -0.1) is 0 Å². The average Bonchev–Trinajstić information content (AvgIpc) is 3.39. The van der Waals surface area contributed by atoms with E-state index in [2.05, 4.69) is 27.0 Å². The van der Waals surface area contributed by atoms with Gasteiger partial charge in [-0.2, -0.15) is 5.26 Å². The highest BCUT2D eigenvalue weighted by atomic mass is 16.2. The van der Waals surface area contributed by atoms with Gasteiger partial charge in [0, 0.05) is 30.0 Å². The Balaban J connectivity index is 1.32. The van der Waals surface area contributed by atoms with Crippen LogP contribution in [0, 0.1) is 16.7 Å². The number of anilines is 2. The van der Waals surface area contributed by atoms with Crippen molar-refractivity contribution < 1.29 is 14.4 Å². The van der Waals surface area contributed by atoms with Crippen LogP contribution >= 0.6 is 0 Å². The molecule has 3 N–H and O–H groups in total. The molecule has 1 fully saturated rings. The summed E-state index contributed by atoms with van der Waals surface area (Å²) in [5.41, 5.74) is 1.72. The maximum Gasteiger partial charge on any atom is 0.244 e. The molecule has 1 aliphatic carbocycles. The van der Waals surface area contributed by atoms with Crippen LogP contribution < -0.4 is 16.0 Å². The summed E-state index contributed by atoms with van der Waals surface area (Å²) >= 11 is 0. The first kappa shape index (κ1) is 23.9. The number of nitrogens with one attached hydrogen (secondary N) is 3. The minimum atomic E-state index is -1.22. The van der Waals surface area contributed by atoms with Gasteiger partial charge >= 0.3 is 0 Å². The predicted octanol–water partition coefficient (Wildman–Crippen LogP) is 2.14. The summed E-state index contributed by atoms with van der Waals surface area (Å²) < 4.78 is 0. The second-order valence-corrected chi connectivity index (χ2v) is 10.5. The summed E-state index contributed by atoms with van der Waals surface area (Å²) in [5, 5.41) is 18.6. The monoisotopic (exact) mass is 486 g/mol. The minimum absolute atomic E-state index is 0.0478. The molecular weight excluding hydrogens is 456 g/mol. The topological polar surface area (TPSA) is 127 Å². The standard InChI is InChI=1S/C27H30N6O3/c1-26(2,16-28)25(36)33(20-5-3-9-29-14-20)15-22(34)31-19-8-7-17-12-27(13-18(17)11-19)21-6-4-10-30-23(21)32-24(27)35/h4,6-8,10-11,20,29H,3,5,9,12-15H2,1-2H3,(H,31,34)(H,30,32,35)/t20-,27+/m0/s1. The van der Waals surface area contributed by atoms with Crippen molar-refractivity contribution in [1.82, 2.24) is 15.2 Å². The van der Waals surface area contributed by atoms with E-state index >= 15 is 0 Å². The van der Waals surface area contributed by atoms with Gasteiger partial charge in [-0.1, -0.05) is 12.1 Å². The number of aromatic nitrogens is 1. The average molecular weight is 487 g/mol. The first-order valence-corrected chi connectivity index (χ1v) is 12.4. The van der Waals surface area contributed by atoms with Gasteiger partial charge in [-0.25, -0.2) is 4.98 Å². The van der Waals surface area contributed by atoms with E-state index in [1.54, 1.807) is 24.9 Å². The van der Waals surface area contributed by atoms with Gasteiger partial charge in [0.2, 0.25) is 17.7 Å². The van der Waals surface area contributed by atoms with Crippen molar-refractivity contribution in [3.05, 3.63) is 53.2 Å². The largest absolute Gasteiger partial charge is 0.328 e. The maximum absolute atomic E-state index is 13.2. The Morgan fingerprint density at radius 3 is 2.83 bits per heavy atom. The number of carbonyl (C=O) groups is 3. The lowest BCUT2D eigenvalue weighted by Crippen LogP contribution is -2.54. The molecule has 3 heterocycles. The molecule has 5 rings (SSSR count). The van der Waals surface area contributed by atoms with E-state index < -0.39 is 10.8 Å². The highest BCUT2D eigenvalue weighted by molar-refractivity contribution is 6.06. The summed E-state index contributed by atoms with van der Waals surface area (Å²) in [6, 6.07) is 11.4. The van der Waals surface area contributed by atoms with Gasteiger partial charge in [0.15, 0.2) is 0 Å². The van der Waals surface area contributed by atoms with Crippen molar-refractivity contribution in [1.29, 1.82) is 5.26 Å². The molecule has 1 spiro atoms. The molecule has 2 aromatic rings. The lowest BCUT2D eigenvalue weighted by Gasteiger charge is -2.37. The van der Waals surface area contributed by atoms with E-state index in [1.165, 1.54) is 0 Å². The SMILES string of the molecule is CC(C)(C#N)C(=O)N(CC(=O)Nc1ccc2c(c1)C[C@@]1(C2)C(=O)Nc2ncccc21)[C@H]1CCCNC1. The van der Waals surface area contributed by atoms with Gasteiger partial charge < -0.3 is 20.9 Å². The van der Waals surface area contributed by atoms with E-state index in [4.69, 9.17) is 0 Å². The number of hydrogen-bond acceptors (Lipinski definition) is 6. The maximum atomic E-state index is 13.2. The van der Waals surface area contributed by atoms with Gasteiger partial charge in [0.1, 0.15) is 17.8 Å². The molecule has 36 heavy (non-hydrogen) atoms. The first-order chi connectivity index (χ1) is 17.2. The Morgan fingerprint density at radius 1 is 1.28 bits per heavy atom. The summed E-state index contributed by atoms with van der Waals surface area (Å²) in [4.78, 5) is 45.0. The van der Waals surface area contributed by atoms with Crippen molar-refractivity contribution in [2.75, 3.05) is 30.3 Å². The highest BCUT2D eigenvalue weighted by Crippen LogP contribution is 2.46. The second kappa shape index (κ2) is 9.03. The molecule has 0 saturated carbocycles. The van der Waals surface area contributed by atoms with Crippen LogP contribution in [0.1, 0.15) is 43.4 Å². The molecule has 0 bridgehead atoms. The number of nitriles is 1. The normalized spacial score (nSPS) is 22.4. The van der Waals surface area contributed by atoms with Gasteiger partial charge in [0.25, 0.3) is 0 Å². The third kappa shape index (κ3) is 4.11. The molecule has 0 radical (unpaired) electrons. The number of fused-ring (bicyclic) bond motifs is 3. The Kier molecular flexibility index (Phi) is 6.00. The van der Waals surface area contributed by atoms with Crippen LogP contribution in [0.3, 0.4) is 0 Å². The third-order valence-corrected chi connectivity index (χ3v) is 7.56. The fraction of sp³-hybridized carbons (Fsp3) is 0.444. The van der Waals surface area contributed by atoms with Crippen LogP contribution in [-0.4, -0.2) is 53.3 Å². The molecule has 2 aliphatic heterocycles. The molecule has 3 aliphatic rings. The summed E-state index contributed by atoms with van der Waals surface area (Å²) in [7, 11) is 0. The van der Waals surface area contributed by atoms with E-state index in [-0.39, 0.29) is 30.3 Å². The van der Waals surface area contributed by atoms with Crippen LogP contribution in [0.5, 0.6) is 0 Å². The summed E-state index contributed by atoms with van der Waals surface area (Å²) in [5.74, 6) is -0.0906. The van der Waals surface area contributed by atoms with Crippen LogP contribution in [0.2, 0.25) is 0 Å². The number of hydrogen-bond donors (Lipinski definition) is 3. The molecule has 186 valence electrons. The molecule has 0 unspecified atom stereocenters. The van der Waals surface area contributed by atoms with Gasteiger partial charge in [-0.3, -0.25) is 14.4 Å². The number of piperidine rings is 1. The zero-order chi connectivity index (χ0) is 25.5.